The molecule has 0 radical (unpaired) electrons. The minimum atomic E-state index is -0.315. The van der Waals surface area contributed by atoms with E-state index in [0.717, 1.165) is 5.56 Å². The molecule has 6 heteroatoms. The molecule has 110 valence electrons. The Hall–Kier alpha value is -2.08. The molecule has 1 heterocycles. The van der Waals surface area contributed by atoms with Crippen LogP contribution in [0.4, 0.5) is 0 Å². The Morgan fingerprint density at radius 3 is 2.19 bits per heavy atom. The Morgan fingerprint density at radius 2 is 1.62 bits per heavy atom. The van der Waals surface area contributed by atoms with Crippen molar-refractivity contribution in [3.05, 3.63) is 58.0 Å². The van der Waals surface area contributed by atoms with Crippen molar-refractivity contribution in [2.45, 2.75) is 6.92 Å². The summed E-state index contributed by atoms with van der Waals surface area (Å²) in [4.78, 5) is 23.5. The first-order chi connectivity index (χ1) is 10.1. The predicted octanol–water partition coefficient (Wildman–Crippen LogP) is 2.51. The summed E-state index contributed by atoms with van der Waals surface area (Å²) >= 11 is 3.13. The number of hydrogen-bond acceptors (Lipinski definition) is 3. The number of carbonyl (C=O) groups is 2. The summed E-state index contributed by atoms with van der Waals surface area (Å²) in [5, 5.41) is 5.40. The lowest BCUT2D eigenvalue weighted by Crippen LogP contribution is -2.34. The van der Waals surface area contributed by atoms with E-state index >= 15 is 0 Å². The van der Waals surface area contributed by atoms with E-state index in [9.17, 15) is 9.59 Å². The van der Waals surface area contributed by atoms with Gasteiger partial charge in [0, 0.05) is 18.7 Å². The van der Waals surface area contributed by atoms with E-state index in [4.69, 9.17) is 4.42 Å². The van der Waals surface area contributed by atoms with Gasteiger partial charge >= 0.3 is 0 Å². The minimum Gasteiger partial charge on any atom is -0.444 e. The van der Waals surface area contributed by atoms with E-state index in [2.05, 4.69) is 26.6 Å². The average molecular weight is 351 g/mol. The van der Waals surface area contributed by atoms with Gasteiger partial charge in [0.25, 0.3) is 11.8 Å². The number of nitrogens with one attached hydrogen (secondary N) is 2. The Labute approximate surface area is 130 Å². The maximum Gasteiger partial charge on any atom is 0.287 e. The van der Waals surface area contributed by atoms with Crippen LogP contribution in [0.2, 0.25) is 0 Å². The van der Waals surface area contributed by atoms with Gasteiger partial charge in [0.2, 0.25) is 0 Å². The van der Waals surface area contributed by atoms with Gasteiger partial charge < -0.3 is 15.1 Å². The van der Waals surface area contributed by atoms with Crippen LogP contribution in [0.25, 0.3) is 0 Å². The molecule has 2 aromatic rings. The molecule has 0 fully saturated rings. The van der Waals surface area contributed by atoms with Gasteiger partial charge in [-0.15, -0.1) is 0 Å². The van der Waals surface area contributed by atoms with Gasteiger partial charge in [-0.3, -0.25) is 9.59 Å². The van der Waals surface area contributed by atoms with Crippen molar-refractivity contribution in [3.63, 3.8) is 0 Å². The largest absolute Gasteiger partial charge is 0.444 e. The van der Waals surface area contributed by atoms with Gasteiger partial charge in [-0.2, -0.15) is 0 Å². The Bertz CT molecular complexity index is 635. The maximum absolute atomic E-state index is 11.8. The summed E-state index contributed by atoms with van der Waals surface area (Å²) in [5.41, 5.74) is 1.70. The molecule has 0 atom stereocenters. The third-order valence-electron chi connectivity index (χ3n) is 2.81. The Balaban J connectivity index is 1.73. The van der Waals surface area contributed by atoms with Crippen LogP contribution in [0.3, 0.4) is 0 Å². The lowest BCUT2D eigenvalue weighted by atomic mass is 10.1. The molecule has 0 saturated heterocycles. The molecule has 0 spiro atoms. The summed E-state index contributed by atoms with van der Waals surface area (Å²) < 4.78 is 5.62. The first-order valence-electron chi connectivity index (χ1n) is 6.44. The van der Waals surface area contributed by atoms with Crippen molar-refractivity contribution < 1.29 is 14.0 Å². The smallest absolute Gasteiger partial charge is 0.287 e. The number of aryl methyl sites for hydroxylation is 1. The van der Waals surface area contributed by atoms with Gasteiger partial charge in [-0.05, 0) is 47.1 Å². The van der Waals surface area contributed by atoms with Crippen molar-refractivity contribution in [3.8, 4) is 0 Å². The number of furan rings is 1. The third kappa shape index (κ3) is 4.46. The summed E-state index contributed by atoms with van der Waals surface area (Å²) in [6, 6.07) is 10.5. The summed E-state index contributed by atoms with van der Waals surface area (Å²) in [7, 11) is 0. The number of amides is 2. The fraction of sp³-hybridized carbons (Fsp3) is 0.200. The fourth-order valence-corrected chi connectivity index (χ4v) is 1.99. The predicted molar refractivity (Wildman–Crippen MR) is 82.3 cm³/mol. The van der Waals surface area contributed by atoms with Gasteiger partial charge in [0.1, 0.15) is 0 Å². The Morgan fingerprint density at radius 1 is 1.00 bits per heavy atom. The quantitative estimate of drug-likeness (QED) is 0.814. The zero-order chi connectivity index (χ0) is 15.2. The number of carbonyl (C=O) groups excluding carboxylic acids is 2. The van der Waals surface area contributed by atoms with Crippen molar-refractivity contribution in [1.82, 2.24) is 10.6 Å². The molecular weight excluding hydrogens is 336 g/mol. The van der Waals surface area contributed by atoms with Crippen LogP contribution in [0, 0.1) is 6.92 Å². The van der Waals surface area contributed by atoms with Crippen molar-refractivity contribution in [1.29, 1.82) is 0 Å². The van der Waals surface area contributed by atoms with Crippen LogP contribution in [0.5, 0.6) is 0 Å². The summed E-state index contributed by atoms with van der Waals surface area (Å²) in [6.07, 6.45) is 0. The third-order valence-corrected chi connectivity index (χ3v) is 3.23. The van der Waals surface area contributed by atoms with E-state index in [1.807, 2.05) is 19.1 Å². The van der Waals surface area contributed by atoms with E-state index in [-0.39, 0.29) is 17.6 Å². The van der Waals surface area contributed by atoms with Gasteiger partial charge in [-0.25, -0.2) is 0 Å². The van der Waals surface area contributed by atoms with Gasteiger partial charge in [0.15, 0.2) is 10.4 Å². The molecule has 0 bridgehead atoms. The molecule has 5 nitrogen and oxygen atoms in total. The summed E-state index contributed by atoms with van der Waals surface area (Å²) in [5.74, 6) is -0.248. The number of rotatable bonds is 5. The molecule has 0 aliphatic carbocycles. The second kappa shape index (κ2) is 7.08. The fourth-order valence-electron chi connectivity index (χ4n) is 1.68. The lowest BCUT2D eigenvalue weighted by Gasteiger charge is -2.06. The molecule has 2 rings (SSSR count). The van der Waals surface area contributed by atoms with Gasteiger partial charge in [0.05, 0.1) is 0 Å². The normalized spacial score (nSPS) is 10.2. The van der Waals surface area contributed by atoms with Crippen LogP contribution >= 0.6 is 15.9 Å². The standard InChI is InChI=1S/C15H15BrN2O3/c1-10-2-4-11(5-3-10)14(19)17-8-9-18-15(20)12-6-7-13(16)21-12/h2-7H,8-9H2,1H3,(H,17,19)(H,18,20). The van der Waals surface area contributed by atoms with Crippen molar-refractivity contribution >= 4 is 27.7 Å². The molecule has 0 unspecified atom stereocenters. The lowest BCUT2D eigenvalue weighted by molar-refractivity contribution is 0.0909. The molecule has 2 amide bonds. The molecule has 0 saturated carbocycles. The average Bonchev–Trinajstić information content (AvgIpc) is 2.90. The topological polar surface area (TPSA) is 71.3 Å². The van der Waals surface area contributed by atoms with Crippen LogP contribution in [0.1, 0.15) is 26.5 Å². The maximum atomic E-state index is 11.8. The minimum absolute atomic E-state index is 0.162. The highest BCUT2D eigenvalue weighted by molar-refractivity contribution is 9.10. The van der Waals surface area contributed by atoms with Crippen LogP contribution < -0.4 is 10.6 Å². The summed E-state index contributed by atoms with van der Waals surface area (Å²) in [6.45, 7) is 2.64. The second-order valence-corrected chi connectivity index (χ2v) is 5.26. The zero-order valence-electron chi connectivity index (χ0n) is 11.5. The van der Waals surface area contributed by atoms with E-state index in [0.29, 0.717) is 23.3 Å². The number of hydrogen-bond donors (Lipinski definition) is 2. The molecule has 21 heavy (non-hydrogen) atoms. The Kier molecular flexibility index (Phi) is 5.16. The monoisotopic (exact) mass is 350 g/mol. The van der Waals surface area contributed by atoms with Crippen LogP contribution in [0.15, 0.2) is 45.5 Å². The second-order valence-electron chi connectivity index (χ2n) is 4.48. The number of halogens is 1. The first kappa shape index (κ1) is 15.3. The molecule has 2 N–H and O–H groups in total. The molecule has 1 aromatic carbocycles. The van der Waals surface area contributed by atoms with Crippen LogP contribution in [-0.2, 0) is 0 Å². The highest BCUT2D eigenvalue weighted by Gasteiger charge is 2.09. The number of benzene rings is 1. The molecule has 1 aromatic heterocycles. The van der Waals surface area contributed by atoms with Gasteiger partial charge in [-0.1, -0.05) is 17.7 Å². The molecule has 0 aliphatic rings. The molecule has 0 aliphatic heterocycles. The highest BCUT2D eigenvalue weighted by Crippen LogP contribution is 2.13. The van der Waals surface area contributed by atoms with E-state index < -0.39 is 0 Å². The van der Waals surface area contributed by atoms with Crippen molar-refractivity contribution in [2.75, 3.05) is 13.1 Å². The highest BCUT2D eigenvalue weighted by atomic mass is 79.9. The van der Waals surface area contributed by atoms with Crippen molar-refractivity contribution in [2.24, 2.45) is 0 Å². The molecular formula is C15H15BrN2O3. The SMILES string of the molecule is Cc1ccc(C(=O)NCCNC(=O)c2ccc(Br)o2)cc1. The van der Waals surface area contributed by atoms with Crippen LogP contribution in [-0.4, -0.2) is 24.9 Å². The van der Waals surface area contributed by atoms with E-state index in [1.165, 1.54) is 0 Å². The van der Waals surface area contributed by atoms with E-state index in [1.54, 1.807) is 24.3 Å². The first-order valence-corrected chi connectivity index (χ1v) is 7.24. The zero-order valence-corrected chi connectivity index (χ0v) is 13.1.